The molecule has 43 heavy (non-hydrogen) atoms. The van der Waals surface area contributed by atoms with E-state index < -0.39 is 29.5 Å². The van der Waals surface area contributed by atoms with E-state index in [0.717, 1.165) is 48.9 Å². The van der Waals surface area contributed by atoms with E-state index >= 15 is 0 Å². The summed E-state index contributed by atoms with van der Waals surface area (Å²) in [6.07, 6.45) is 9.34. The van der Waals surface area contributed by atoms with Crippen LogP contribution >= 0.6 is 11.3 Å². The van der Waals surface area contributed by atoms with Gasteiger partial charge in [0.05, 0.1) is 31.5 Å². The summed E-state index contributed by atoms with van der Waals surface area (Å²) in [7, 11) is 1.25. The monoisotopic (exact) mass is 615 g/mol. The summed E-state index contributed by atoms with van der Waals surface area (Å²) in [5, 5.41) is 20.8. The van der Waals surface area contributed by atoms with Crippen molar-refractivity contribution in [2.45, 2.75) is 57.9 Å². The van der Waals surface area contributed by atoms with Crippen LogP contribution in [0, 0.1) is 11.8 Å². The number of aromatic nitrogens is 6. The fourth-order valence-corrected chi connectivity index (χ4v) is 5.24. The van der Waals surface area contributed by atoms with Gasteiger partial charge in [-0.05, 0) is 31.9 Å². The van der Waals surface area contributed by atoms with Gasteiger partial charge in [-0.1, -0.05) is 19.3 Å². The Kier molecular flexibility index (Phi) is 10.8. The second kappa shape index (κ2) is 14.7. The SMILES string of the molecule is CCO.COC(=O)CCC(=O)n1cc(-c2nc(C(=O)Nc3cn(C4CCCCC4)nc3-c3nc(F)ccc3F)cs2)cn1. The van der Waals surface area contributed by atoms with Crippen LogP contribution in [0.4, 0.5) is 14.5 Å². The van der Waals surface area contributed by atoms with Gasteiger partial charge in [-0.2, -0.15) is 14.6 Å². The first-order valence-corrected chi connectivity index (χ1v) is 14.6. The Balaban J connectivity index is 0.00000135. The predicted octanol–water partition coefficient (Wildman–Crippen LogP) is 4.89. The van der Waals surface area contributed by atoms with Crippen LogP contribution in [0.25, 0.3) is 22.0 Å². The highest BCUT2D eigenvalue weighted by molar-refractivity contribution is 7.13. The number of carbonyl (C=O) groups is 3. The molecule has 2 N–H and O–H groups in total. The molecule has 0 aliphatic heterocycles. The number of hydrogen-bond acceptors (Lipinski definition) is 10. The van der Waals surface area contributed by atoms with Gasteiger partial charge in [-0.25, -0.2) is 19.0 Å². The Morgan fingerprint density at radius 3 is 2.56 bits per heavy atom. The summed E-state index contributed by atoms with van der Waals surface area (Å²) < 4.78 is 35.9. The molecule has 1 amide bonds. The fourth-order valence-electron chi connectivity index (χ4n) is 4.47. The predicted molar refractivity (Wildman–Crippen MR) is 153 cm³/mol. The largest absolute Gasteiger partial charge is 0.469 e. The Morgan fingerprint density at radius 1 is 1.09 bits per heavy atom. The Labute approximate surface area is 249 Å². The number of halogens is 2. The van der Waals surface area contributed by atoms with Crippen molar-refractivity contribution in [1.29, 1.82) is 0 Å². The second-order valence-electron chi connectivity index (χ2n) is 9.58. The van der Waals surface area contributed by atoms with Crippen LogP contribution in [0.1, 0.15) is 73.2 Å². The van der Waals surface area contributed by atoms with Gasteiger partial charge in [0.15, 0.2) is 5.82 Å². The van der Waals surface area contributed by atoms with Crippen LogP contribution in [0.5, 0.6) is 0 Å². The van der Waals surface area contributed by atoms with Crippen molar-refractivity contribution in [3.05, 3.63) is 53.6 Å². The molecule has 0 spiro atoms. The molecule has 0 unspecified atom stereocenters. The van der Waals surface area contributed by atoms with E-state index in [2.05, 4.69) is 30.2 Å². The van der Waals surface area contributed by atoms with Gasteiger partial charge in [0.2, 0.25) is 11.9 Å². The van der Waals surface area contributed by atoms with Gasteiger partial charge in [0.1, 0.15) is 22.1 Å². The molecule has 1 fully saturated rings. The molecule has 4 aromatic rings. The zero-order chi connectivity index (χ0) is 30.9. The van der Waals surface area contributed by atoms with E-state index in [4.69, 9.17) is 5.11 Å². The van der Waals surface area contributed by atoms with Crippen molar-refractivity contribution in [3.8, 4) is 22.0 Å². The van der Waals surface area contributed by atoms with Crippen LogP contribution in [-0.4, -0.2) is 66.1 Å². The fraction of sp³-hybridized carbons (Fsp3) is 0.393. The summed E-state index contributed by atoms with van der Waals surface area (Å²) in [4.78, 5) is 44.8. The van der Waals surface area contributed by atoms with E-state index in [1.165, 1.54) is 36.2 Å². The zero-order valence-electron chi connectivity index (χ0n) is 23.6. The standard InChI is InChI=1S/C26H25F2N7O4S.C2H6O/c1-39-22(37)10-9-21(36)35-12-15(11-29-35)26-31-19(14-40-26)25(38)30-18-13-34(16-5-3-2-4-6-16)33-24(18)23-17(27)7-8-20(28)32-23;1-2-3/h7-8,11-14,16H,2-6,9-10H2,1H3,(H,30,38);3H,2H2,1H3. The van der Waals surface area contributed by atoms with Crippen molar-refractivity contribution in [3.63, 3.8) is 0 Å². The van der Waals surface area contributed by atoms with E-state index in [0.29, 0.717) is 10.6 Å². The number of anilines is 1. The maximum atomic E-state index is 14.6. The summed E-state index contributed by atoms with van der Waals surface area (Å²) in [6.45, 7) is 1.93. The maximum absolute atomic E-state index is 14.6. The molecule has 0 saturated heterocycles. The smallest absolute Gasteiger partial charge is 0.306 e. The first-order chi connectivity index (χ1) is 20.7. The van der Waals surface area contributed by atoms with Crippen molar-refractivity contribution in [2.75, 3.05) is 19.0 Å². The molecule has 4 aromatic heterocycles. The Bertz CT molecular complexity index is 1580. The normalized spacial score (nSPS) is 13.2. The zero-order valence-corrected chi connectivity index (χ0v) is 24.4. The van der Waals surface area contributed by atoms with Crippen LogP contribution < -0.4 is 5.32 Å². The van der Waals surface area contributed by atoms with Crippen LogP contribution in [-0.2, 0) is 9.53 Å². The van der Waals surface area contributed by atoms with E-state index in [9.17, 15) is 23.2 Å². The number of carbonyl (C=O) groups excluding carboxylic acids is 3. The molecule has 0 bridgehead atoms. The van der Waals surface area contributed by atoms with Gasteiger partial charge in [-0.3, -0.25) is 19.1 Å². The number of thiazole rings is 1. The maximum Gasteiger partial charge on any atom is 0.306 e. The number of nitrogens with zero attached hydrogens (tertiary/aromatic N) is 6. The van der Waals surface area contributed by atoms with Gasteiger partial charge in [0.25, 0.3) is 5.91 Å². The average Bonchev–Trinajstić information content (AvgIpc) is 3.78. The van der Waals surface area contributed by atoms with Crippen LogP contribution in [0.3, 0.4) is 0 Å². The van der Waals surface area contributed by atoms with E-state index in [1.54, 1.807) is 17.8 Å². The highest BCUT2D eigenvalue weighted by Gasteiger charge is 2.24. The third-order valence-electron chi connectivity index (χ3n) is 6.56. The molecule has 12 nitrogen and oxygen atoms in total. The second-order valence-corrected chi connectivity index (χ2v) is 10.4. The van der Waals surface area contributed by atoms with E-state index in [1.807, 2.05) is 0 Å². The first-order valence-electron chi connectivity index (χ1n) is 13.7. The summed E-state index contributed by atoms with van der Waals surface area (Å²) in [5.74, 6) is -3.11. The van der Waals surface area contributed by atoms with Gasteiger partial charge in [0, 0.05) is 36.4 Å². The van der Waals surface area contributed by atoms with E-state index in [-0.39, 0.29) is 48.3 Å². The minimum atomic E-state index is -0.866. The minimum absolute atomic E-state index is 0.0260. The molecule has 1 saturated carbocycles. The molecular weight excluding hydrogens is 584 g/mol. The first kappa shape index (κ1) is 31.6. The third-order valence-corrected chi connectivity index (χ3v) is 7.45. The number of rotatable bonds is 8. The lowest BCUT2D eigenvalue weighted by molar-refractivity contribution is -0.140. The van der Waals surface area contributed by atoms with Gasteiger partial charge < -0.3 is 15.2 Å². The molecule has 15 heteroatoms. The lowest BCUT2D eigenvalue weighted by Gasteiger charge is -2.21. The Morgan fingerprint density at radius 2 is 1.84 bits per heavy atom. The Hall–Kier alpha value is -4.37. The number of amides is 1. The number of methoxy groups -OCH3 is 1. The van der Waals surface area contributed by atoms with Crippen molar-refractivity contribution < 1.29 is 33.0 Å². The average molecular weight is 616 g/mol. The highest BCUT2D eigenvalue weighted by atomic mass is 32.1. The van der Waals surface area contributed by atoms with Gasteiger partial charge in [-0.15, -0.1) is 11.3 Å². The number of hydrogen-bond donors (Lipinski definition) is 2. The molecule has 4 heterocycles. The molecule has 1 aliphatic rings. The lowest BCUT2D eigenvalue weighted by Crippen LogP contribution is -2.14. The number of esters is 1. The number of aliphatic hydroxyl groups excluding tert-OH is 1. The number of nitrogens with one attached hydrogen (secondary N) is 1. The molecule has 0 radical (unpaired) electrons. The highest BCUT2D eigenvalue weighted by Crippen LogP contribution is 2.34. The molecule has 1 aliphatic carbocycles. The summed E-state index contributed by atoms with van der Waals surface area (Å²) in [5.41, 5.74) is 0.499. The quantitative estimate of drug-likeness (QED) is 0.208. The summed E-state index contributed by atoms with van der Waals surface area (Å²) >= 11 is 1.17. The van der Waals surface area contributed by atoms with Crippen molar-refractivity contribution in [2.24, 2.45) is 0 Å². The summed E-state index contributed by atoms with van der Waals surface area (Å²) in [6, 6.07) is 1.96. The third kappa shape index (κ3) is 7.93. The minimum Gasteiger partial charge on any atom is -0.469 e. The molecular formula is C28H31F2N7O5S. The van der Waals surface area contributed by atoms with Crippen molar-refractivity contribution in [1.82, 2.24) is 29.5 Å². The number of aliphatic hydroxyl groups is 1. The topological polar surface area (TPSA) is 154 Å². The lowest BCUT2D eigenvalue weighted by atomic mass is 9.96. The van der Waals surface area contributed by atoms with Crippen molar-refractivity contribution >= 4 is 34.8 Å². The molecule has 228 valence electrons. The number of ether oxygens (including phenoxy) is 1. The van der Waals surface area contributed by atoms with Gasteiger partial charge >= 0.3 is 5.97 Å². The number of pyridine rings is 1. The molecule has 5 rings (SSSR count). The molecule has 0 atom stereocenters. The van der Waals surface area contributed by atoms with Crippen LogP contribution in [0.15, 0.2) is 36.1 Å². The van der Waals surface area contributed by atoms with Crippen LogP contribution in [0.2, 0.25) is 0 Å². The molecule has 0 aromatic carbocycles.